The monoisotopic (exact) mass is 244 g/mol. The first-order valence-corrected chi connectivity index (χ1v) is 5.62. The van der Waals surface area contributed by atoms with Gasteiger partial charge in [0.15, 0.2) is 0 Å². The largest absolute Gasteiger partial charge is 0.418 e. The summed E-state index contributed by atoms with van der Waals surface area (Å²) in [6, 6.07) is 5.77. The minimum absolute atomic E-state index is 0.153. The molecule has 3 N–H and O–H groups in total. The van der Waals surface area contributed by atoms with Crippen LogP contribution in [-0.4, -0.2) is 12.6 Å². The topological polar surface area (TPSA) is 38.0 Å². The van der Waals surface area contributed by atoms with Crippen LogP contribution < -0.4 is 11.1 Å². The van der Waals surface area contributed by atoms with Gasteiger partial charge in [-0.05, 0) is 30.9 Å². The lowest BCUT2D eigenvalue weighted by Gasteiger charge is -2.33. The quantitative estimate of drug-likeness (QED) is 0.858. The fourth-order valence-electron chi connectivity index (χ4n) is 2.09. The Kier molecular flexibility index (Phi) is 3.28. The third kappa shape index (κ3) is 2.91. The van der Waals surface area contributed by atoms with Crippen molar-refractivity contribution in [3.63, 3.8) is 0 Å². The van der Waals surface area contributed by atoms with E-state index in [-0.39, 0.29) is 11.7 Å². The summed E-state index contributed by atoms with van der Waals surface area (Å²) in [4.78, 5) is 0. The molecule has 0 heterocycles. The van der Waals surface area contributed by atoms with Gasteiger partial charge < -0.3 is 11.1 Å². The molecule has 1 saturated carbocycles. The summed E-state index contributed by atoms with van der Waals surface area (Å²) in [6.45, 7) is 0.556. The second-order valence-corrected chi connectivity index (χ2v) is 4.52. The highest BCUT2D eigenvalue weighted by Crippen LogP contribution is 2.35. The van der Waals surface area contributed by atoms with Gasteiger partial charge in [0.05, 0.1) is 5.56 Å². The Bertz CT molecular complexity index is 384. The highest BCUT2D eigenvalue weighted by Gasteiger charge is 2.33. The van der Waals surface area contributed by atoms with E-state index in [9.17, 15) is 13.2 Å². The van der Waals surface area contributed by atoms with Gasteiger partial charge in [0.2, 0.25) is 0 Å². The second-order valence-electron chi connectivity index (χ2n) is 4.52. The summed E-state index contributed by atoms with van der Waals surface area (Å²) in [5, 5.41) is 2.87. The smallest absolute Gasteiger partial charge is 0.384 e. The molecule has 94 valence electrons. The first kappa shape index (κ1) is 12.2. The molecule has 17 heavy (non-hydrogen) atoms. The van der Waals surface area contributed by atoms with E-state index < -0.39 is 11.7 Å². The second kappa shape index (κ2) is 4.56. The molecule has 1 aliphatic rings. The number of benzene rings is 1. The highest BCUT2D eigenvalue weighted by molar-refractivity contribution is 5.52. The summed E-state index contributed by atoms with van der Waals surface area (Å²) in [5.74, 6) is 0.395. The zero-order valence-electron chi connectivity index (χ0n) is 9.30. The number of nitrogens with one attached hydrogen (secondary N) is 1. The maximum atomic E-state index is 12.7. The predicted molar refractivity (Wildman–Crippen MR) is 60.6 cm³/mol. The van der Waals surface area contributed by atoms with Crippen molar-refractivity contribution in [2.45, 2.75) is 25.1 Å². The summed E-state index contributed by atoms with van der Waals surface area (Å²) in [6.07, 6.45) is -2.53. The summed E-state index contributed by atoms with van der Waals surface area (Å²) in [5.41, 5.74) is 5.17. The Labute approximate surface area is 98.0 Å². The first-order chi connectivity index (χ1) is 7.97. The normalized spacial score (nSPS) is 24.2. The van der Waals surface area contributed by atoms with Crippen molar-refractivity contribution in [1.82, 2.24) is 0 Å². The van der Waals surface area contributed by atoms with E-state index in [2.05, 4.69) is 5.32 Å². The average Bonchev–Trinajstić information content (AvgIpc) is 2.22. The number of halogens is 3. The van der Waals surface area contributed by atoms with Crippen LogP contribution >= 0.6 is 0 Å². The first-order valence-electron chi connectivity index (χ1n) is 5.62. The number of hydrogen-bond acceptors (Lipinski definition) is 2. The van der Waals surface area contributed by atoms with Gasteiger partial charge in [0, 0.05) is 18.3 Å². The summed E-state index contributed by atoms with van der Waals surface area (Å²) < 4.78 is 38.0. The van der Waals surface area contributed by atoms with Crippen molar-refractivity contribution < 1.29 is 13.2 Å². The molecule has 0 saturated heterocycles. The molecule has 0 atom stereocenters. The molecule has 1 aromatic carbocycles. The van der Waals surface area contributed by atoms with E-state index in [0.29, 0.717) is 12.5 Å². The maximum Gasteiger partial charge on any atom is 0.418 e. The lowest BCUT2D eigenvalue weighted by Crippen LogP contribution is -2.39. The molecule has 0 radical (unpaired) electrons. The fraction of sp³-hybridized carbons (Fsp3) is 0.500. The minimum Gasteiger partial charge on any atom is -0.384 e. The van der Waals surface area contributed by atoms with Crippen molar-refractivity contribution in [3.05, 3.63) is 29.8 Å². The zero-order chi connectivity index (χ0) is 12.5. The fourth-order valence-corrected chi connectivity index (χ4v) is 2.09. The lowest BCUT2D eigenvalue weighted by atomic mass is 9.81. The molecule has 0 amide bonds. The molecule has 1 aromatic rings. The Morgan fingerprint density at radius 3 is 2.47 bits per heavy atom. The van der Waals surface area contributed by atoms with Crippen LogP contribution in [0.25, 0.3) is 0 Å². The minimum atomic E-state index is -4.31. The van der Waals surface area contributed by atoms with E-state index in [4.69, 9.17) is 5.73 Å². The molecule has 0 aliphatic heterocycles. The molecule has 2 rings (SSSR count). The van der Waals surface area contributed by atoms with Crippen molar-refractivity contribution in [3.8, 4) is 0 Å². The lowest BCUT2D eigenvalue weighted by molar-refractivity contribution is -0.137. The number of nitrogens with two attached hydrogens (primary N) is 1. The van der Waals surface area contributed by atoms with Crippen molar-refractivity contribution in [2.75, 3.05) is 11.9 Å². The summed E-state index contributed by atoms with van der Waals surface area (Å²) >= 11 is 0. The van der Waals surface area contributed by atoms with Crippen LogP contribution in [0.3, 0.4) is 0 Å². The van der Waals surface area contributed by atoms with Crippen LogP contribution in [0, 0.1) is 5.92 Å². The van der Waals surface area contributed by atoms with Crippen LogP contribution in [0.15, 0.2) is 24.3 Å². The molecule has 0 aromatic heterocycles. The number of hydrogen-bond donors (Lipinski definition) is 2. The Morgan fingerprint density at radius 2 is 1.88 bits per heavy atom. The van der Waals surface area contributed by atoms with Gasteiger partial charge in [-0.25, -0.2) is 0 Å². The molecule has 1 aliphatic carbocycles. The Hall–Kier alpha value is -1.23. The average molecular weight is 244 g/mol. The van der Waals surface area contributed by atoms with E-state index in [1.54, 1.807) is 6.07 Å². The van der Waals surface area contributed by atoms with Gasteiger partial charge in [-0.3, -0.25) is 0 Å². The molecule has 2 nitrogen and oxygen atoms in total. The maximum absolute atomic E-state index is 12.7. The molecule has 0 unspecified atom stereocenters. The highest BCUT2D eigenvalue weighted by atomic mass is 19.4. The number of para-hydroxylation sites is 1. The SMILES string of the molecule is NC1CC(CNc2ccccc2C(F)(F)F)C1. The van der Waals surface area contributed by atoms with Gasteiger partial charge in [0.25, 0.3) is 0 Å². The molecule has 0 bridgehead atoms. The van der Waals surface area contributed by atoms with Crippen LogP contribution in [-0.2, 0) is 6.18 Å². The third-order valence-electron chi connectivity index (χ3n) is 3.09. The number of rotatable bonds is 3. The van der Waals surface area contributed by atoms with Crippen molar-refractivity contribution in [2.24, 2.45) is 11.7 Å². The van der Waals surface area contributed by atoms with Crippen LogP contribution in [0.1, 0.15) is 18.4 Å². The molecular formula is C12H15F3N2. The standard InChI is InChI=1S/C12H15F3N2/c13-12(14,15)10-3-1-2-4-11(10)17-7-8-5-9(16)6-8/h1-4,8-9,17H,5-7,16H2. The van der Waals surface area contributed by atoms with Crippen LogP contribution in [0.4, 0.5) is 18.9 Å². The van der Waals surface area contributed by atoms with Gasteiger partial charge in [-0.15, -0.1) is 0 Å². The number of anilines is 1. The summed E-state index contributed by atoms with van der Waals surface area (Å²) in [7, 11) is 0. The van der Waals surface area contributed by atoms with E-state index in [1.165, 1.54) is 12.1 Å². The number of alkyl halides is 3. The van der Waals surface area contributed by atoms with Gasteiger partial charge in [-0.1, -0.05) is 12.1 Å². The van der Waals surface area contributed by atoms with Gasteiger partial charge in [0.1, 0.15) is 0 Å². The molecule has 5 heteroatoms. The molecule has 1 fully saturated rings. The molecular weight excluding hydrogens is 229 g/mol. The predicted octanol–water partition coefficient (Wildman–Crippen LogP) is 2.85. The van der Waals surface area contributed by atoms with E-state index in [1.807, 2.05) is 0 Å². The van der Waals surface area contributed by atoms with E-state index >= 15 is 0 Å². The van der Waals surface area contributed by atoms with Crippen molar-refractivity contribution in [1.29, 1.82) is 0 Å². The van der Waals surface area contributed by atoms with Gasteiger partial charge in [-0.2, -0.15) is 13.2 Å². The third-order valence-corrected chi connectivity index (χ3v) is 3.09. The zero-order valence-corrected chi connectivity index (χ0v) is 9.30. The van der Waals surface area contributed by atoms with Gasteiger partial charge >= 0.3 is 6.18 Å². The van der Waals surface area contributed by atoms with Crippen LogP contribution in [0.2, 0.25) is 0 Å². The van der Waals surface area contributed by atoms with Crippen molar-refractivity contribution >= 4 is 5.69 Å². The molecule has 0 spiro atoms. The Morgan fingerprint density at radius 1 is 1.24 bits per heavy atom. The Balaban J connectivity index is 2.00. The van der Waals surface area contributed by atoms with E-state index in [0.717, 1.165) is 18.9 Å². The van der Waals surface area contributed by atoms with Crippen LogP contribution in [0.5, 0.6) is 0 Å².